The number of amidine groups is 1. The van der Waals surface area contributed by atoms with Crippen molar-refractivity contribution in [2.24, 2.45) is 22.6 Å². The fourth-order valence-electron chi connectivity index (χ4n) is 5.82. The van der Waals surface area contributed by atoms with Gasteiger partial charge in [0.05, 0.1) is 11.0 Å². The van der Waals surface area contributed by atoms with Crippen molar-refractivity contribution in [2.75, 3.05) is 30.8 Å². The average molecular weight is 502 g/mol. The van der Waals surface area contributed by atoms with Crippen molar-refractivity contribution in [2.45, 2.75) is 71.3 Å². The third-order valence-corrected chi connectivity index (χ3v) is 9.58. The van der Waals surface area contributed by atoms with Crippen LogP contribution in [-0.4, -0.2) is 57.7 Å². The predicted octanol–water partition coefficient (Wildman–Crippen LogP) is 3.21. The van der Waals surface area contributed by atoms with Gasteiger partial charge in [0.15, 0.2) is 0 Å². The van der Waals surface area contributed by atoms with Gasteiger partial charge < -0.3 is 11.1 Å². The Morgan fingerprint density at radius 2 is 1.91 bits per heavy atom. The molecule has 1 saturated carbocycles. The molecule has 8 nitrogen and oxygen atoms in total. The first-order chi connectivity index (χ1) is 16.6. The maximum absolute atomic E-state index is 13.1. The lowest BCUT2D eigenvalue weighted by atomic mass is 9.82. The summed E-state index contributed by atoms with van der Waals surface area (Å²) in [6.07, 6.45) is 6.58. The van der Waals surface area contributed by atoms with Gasteiger partial charge in [-0.05, 0) is 80.7 Å². The molecule has 35 heavy (non-hydrogen) atoms. The van der Waals surface area contributed by atoms with Gasteiger partial charge in [-0.25, -0.2) is 13.3 Å². The standard InChI is InChI=1S/C26H39N5O3S/c1-17-6-5-7-20(14-17)23-28-24(32)26(29-23)9-11-31(12-10-26)35(34)13-8-22-18(2)15-21(16-19(22)3)30(4)25(27)33/h15-17,20H,5-14H2,1-4H3,(H2,27,33)(H,28,29,32). The van der Waals surface area contributed by atoms with E-state index >= 15 is 0 Å². The highest BCUT2D eigenvalue weighted by Crippen LogP contribution is 2.36. The smallest absolute Gasteiger partial charge is 0.318 e. The minimum atomic E-state index is -1.12. The fourth-order valence-corrected chi connectivity index (χ4v) is 7.05. The first-order valence-electron chi connectivity index (χ1n) is 12.8. The molecule has 0 bridgehead atoms. The quantitative estimate of drug-likeness (QED) is 0.625. The Balaban J connectivity index is 1.34. The van der Waals surface area contributed by atoms with Crippen molar-refractivity contribution in [1.82, 2.24) is 9.62 Å². The molecule has 3 aliphatic rings. The van der Waals surface area contributed by atoms with Gasteiger partial charge in [-0.1, -0.05) is 19.8 Å². The molecule has 1 aromatic carbocycles. The summed E-state index contributed by atoms with van der Waals surface area (Å²) in [5.74, 6) is 2.51. The zero-order chi connectivity index (χ0) is 25.3. The van der Waals surface area contributed by atoms with Crippen LogP contribution in [0.5, 0.6) is 0 Å². The number of nitrogens with two attached hydrogens (primary N) is 1. The number of aliphatic imine (C=N–C) groups is 1. The van der Waals surface area contributed by atoms with Crippen LogP contribution in [0.15, 0.2) is 17.1 Å². The Labute approximate surface area is 211 Å². The fraction of sp³-hybridized carbons (Fsp3) is 0.654. The van der Waals surface area contributed by atoms with Gasteiger partial charge in [-0.15, -0.1) is 0 Å². The number of rotatable bonds is 6. The summed E-state index contributed by atoms with van der Waals surface area (Å²) in [4.78, 5) is 30.8. The molecule has 4 rings (SSSR count). The second-order valence-corrected chi connectivity index (χ2v) is 12.2. The van der Waals surface area contributed by atoms with Crippen LogP contribution in [0.1, 0.15) is 62.1 Å². The lowest BCUT2D eigenvalue weighted by Gasteiger charge is -2.34. The summed E-state index contributed by atoms with van der Waals surface area (Å²) in [5.41, 5.74) is 8.76. The third-order valence-electron chi connectivity index (χ3n) is 8.08. The van der Waals surface area contributed by atoms with Gasteiger partial charge in [0.2, 0.25) is 0 Å². The highest BCUT2D eigenvalue weighted by Gasteiger charge is 2.47. The molecule has 3 N–H and O–H groups in total. The van der Waals surface area contributed by atoms with Crippen LogP contribution >= 0.6 is 0 Å². The van der Waals surface area contributed by atoms with Gasteiger partial charge in [0, 0.05) is 37.5 Å². The first kappa shape index (κ1) is 25.8. The number of piperidine rings is 1. The third kappa shape index (κ3) is 5.45. The summed E-state index contributed by atoms with van der Waals surface area (Å²) in [7, 11) is 0.532. The molecule has 9 heteroatoms. The van der Waals surface area contributed by atoms with E-state index in [4.69, 9.17) is 10.7 Å². The number of carbonyl (C=O) groups is 2. The summed E-state index contributed by atoms with van der Waals surface area (Å²) < 4.78 is 15.1. The summed E-state index contributed by atoms with van der Waals surface area (Å²) in [5, 5.41) is 3.11. The lowest BCUT2D eigenvalue weighted by molar-refractivity contribution is -0.124. The highest BCUT2D eigenvalue weighted by molar-refractivity contribution is 7.82. The number of nitrogens with one attached hydrogen (secondary N) is 1. The number of nitrogens with zero attached hydrogens (tertiary/aromatic N) is 3. The van der Waals surface area contributed by atoms with Crippen LogP contribution in [0.2, 0.25) is 0 Å². The van der Waals surface area contributed by atoms with Crippen molar-refractivity contribution in [3.05, 3.63) is 28.8 Å². The van der Waals surface area contributed by atoms with E-state index in [0.29, 0.717) is 49.9 Å². The van der Waals surface area contributed by atoms with Crippen LogP contribution in [-0.2, 0) is 22.2 Å². The van der Waals surface area contributed by atoms with Crippen molar-refractivity contribution in [3.8, 4) is 0 Å². The van der Waals surface area contributed by atoms with E-state index in [2.05, 4.69) is 12.2 Å². The Kier molecular flexibility index (Phi) is 7.66. The van der Waals surface area contributed by atoms with Crippen LogP contribution in [0.3, 0.4) is 0 Å². The summed E-state index contributed by atoms with van der Waals surface area (Å²) in [6, 6.07) is 3.39. The summed E-state index contributed by atoms with van der Waals surface area (Å²) >= 11 is 0. The predicted molar refractivity (Wildman–Crippen MR) is 141 cm³/mol. The molecule has 3 atom stereocenters. The second kappa shape index (κ2) is 10.4. The number of hydrogen-bond acceptors (Lipinski definition) is 4. The van der Waals surface area contributed by atoms with E-state index in [1.165, 1.54) is 17.7 Å². The largest absolute Gasteiger partial charge is 0.351 e. The van der Waals surface area contributed by atoms with Crippen LogP contribution in [0.4, 0.5) is 10.5 Å². The van der Waals surface area contributed by atoms with Gasteiger partial charge in [0.1, 0.15) is 11.4 Å². The molecule has 1 aromatic rings. The molecule has 0 aromatic heterocycles. The molecular weight excluding hydrogens is 462 g/mol. The lowest BCUT2D eigenvalue weighted by Crippen LogP contribution is -2.49. The average Bonchev–Trinajstić information content (AvgIpc) is 3.13. The zero-order valence-corrected chi connectivity index (χ0v) is 22.2. The van der Waals surface area contributed by atoms with E-state index < -0.39 is 22.6 Å². The monoisotopic (exact) mass is 501 g/mol. The van der Waals surface area contributed by atoms with Crippen molar-refractivity contribution in [3.63, 3.8) is 0 Å². The molecule has 2 fully saturated rings. The summed E-state index contributed by atoms with van der Waals surface area (Å²) in [6.45, 7) is 7.52. The van der Waals surface area contributed by atoms with Gasteiger partial charge in [0.25, 0.3) is 5.91 Å². The van der Waals surface area contributed by atoms with Crippen LogP contribution in [0.25, 0.3) is 0 Å². The minimum absolute atomic E-state index is 0.0310. The topological polar surface area (TPSA) is 108 Å². The molecule has 3 amide bonds. The van der Waals surface area contributed by atoms with Crippen molar-refractivity contribution < 1.29 is 13.8 Å². The van der Waals surface area contributed by atoms with Gasteiger partial charge in [-0.2, -0.15) is 0 Å². The molecule has 1 spiro atoms. The SMILES string of the molecule is Cc1cc(N(C)C(N)=O)cc(C)c1CCS(=O)N1CCC2(CC1)N=C(C1CCCC(C)C1)NC2=O. The maximum Gasteiger partial charge on any atom is 0.318 e. The van der Waals surface area contributed by atoms with Gasteiger partial charge in [-0.3, -0.25) is 14.7 Å². The molecular formula is C26H39N5O3S. The van der Waals surface area contributed by atoms with Gasteiger partial charge >= 0.3 is 6.03 Å². The minimum Gasteiger partial charge on any atom is -0.351 e. The molecule has 1 aliphatic carbocycles. The normalized spacial score (nSPS) is 25.3. The van der Waals surface area contributed by atoms with Crippen LogP contribution < -0.4 is 16.0 Å². The van der Waals surface area contributed by atoms with Crippen molar-refractivity contribution in [1.29, 1.82) is 0 Å². The van der Waals surface area contributed by atoms with E-state index in [1.54, 1.807) is 7.05 Å². The number of anilines is 1. The molecule has 2 aliphatic heterocycles. The Hall–Kier alpha value is -2.26. The van der Waals surface area contributed by atoms with Crippen molar-refractivity contribution >= 4 is 34.4 Å². The molecule has 3 unspecified atom stereocenters. The van der Waals surface area contributed by atoms with E-state index in [1.807, 2.05) is 30.3 Å². The Morgan fingerprint density at radius 3 is 2.51 bits per heavy atom. The molecule has 192 valence electrons. The van der Waals surface area contributed by atoms with E-state index in [-0.39, 0.29) is 5.91 Å². The number of hydrogen-bond donors (Lipinski definition) is 2. The molecule has 2 heterocycles. The Morgan fingerprint density at radius 1 is 1.26 bits per heavy atom. The van der Waals surface area contributed by atoms with E-state index in [0.717, 1.165) is 41.1 Å². The second-order valence-electron chi connectivity index (χ2n) is 10.6. The Bertz CT molecular complexity index is 1020. The zero-order valence-electron chi connectivity index (χ0n) is 21.4. The number of benzene rings is 1. The molecule has 0 radical (unpaired) electrons. The number of amides is 3. The number of urea groups is 1. The number of carbonyl (C=O) groups excluding carboxylic acids is 2. The highest BCUT2D eigenvalue weighted by atomic mass is 32.2. The maximum atomic E-state index is 13.1. The first-order valence-corrected chi connectivity index (χ1v) is 14.0. The van der Waals surface area contributed by atoms with Crippen LogP contribution in [0, 0.1) is 25.7 Å². The molecule has 1 saturated heterocycles. The number of primary amides is 1. The van der Waals surface area contributed by atoms with E-state index in [9.17, 15) is 13.8 Å². The number of aryl methyl sites for hydroxylation is 2.